The Balaban J connectivity index is 2.13. The molecule has 1 unspecified atom stereocenters. The number of nitriles is 1. The van der Waals surface area contributed by atoms with Gasteiger partial charge in [0.1, 0.15) is 17.4 Å². The molecule has 3 rings (SSSR count). The van der Waals surface area contributed by atoms with Crippen molar-refractivity contribution in [2.24, 2.45) is 5.73 Å². The summed E-state index contributed by atoms with van der Waals surface area (Å²) >= 11 is 6.59. The van der Waals surface area contributed by atoms with Gasteiger partial charge in [-0.15, -0.1) is 0 Å². The molecule has 6 heteroatoms. The fraction of sp³-hybridized carbons (Fsp3) is 0.182. The summed E-state index contributed by atoms with van der Waals surface area (Å²) in [6.45, 7) is 3.53. The van der Waals surface area contributed by atoms with Gasteiger partial charge in [0.05, 0.1) is 18.1 Å². The Labute approximate surface area is 168 Å². The van der Waals surface area contributed by atoms with Gasteiger partial charge in [-0.1, -0.05) is 54.1 Å². The molecule has 0 fully saturated rings. The quantitative estimate of drug-likeness (QED) is 0.762. The molecule has 2 aromatic rings. The minimum atomic E-state index is -0.755. The number of carbonyl (C=O) groups excluding carboxylic acids is 1. The highest BCUT2D eigenvalue weighted by molar-refractivity contribution is 6.32. The van der Waals surface area contributed by atoms with Crippen molar-refractivity contribution in [2.45, 2.75) is 19.8 Å². The third kappa shape index (κ3) is 3.60. The monoisotopic (exact) mass is 394 g/mol. The molecule has 1 atom stereocenters. The van der Waals surface area contributed by atoms with E-state index in [1.165, 1.54) is 0 Å². The Morgan fingerprint density at radius 1 is 1.25 bits per heavy atom. The highest BCUT2D eigenvalue weighted by atomic mass is 35.5. The number of nitrogens with two attached hydrogens (primary N) is 1. The van der Waals surface area contributed by atoms with Gasteiger partial charge in [0, 0.05) is 5.02 Å². The zero-order chi connectivity index (χ0) is 20.3. The third-order valence-corrected chi connectivity index (χ3v) is 4.85. The number of esters is 1. The van der Waals surface area contributed by atoms with Crippen molar-refractivity contribution >= 4 is 17.6 Å². The molecule has 5 nitrogen and oxygen atoms in total. The van der Waals surface area contributed by atoms with E-state index in [2.05, 4.69) is 6.07 Å². The molecule has 0 spiro atoms. The lowest BCUT2D eigenvalue weighted by molar-refractivity contribution is -0.139. The molecule has 0 aliphatic carbocycles. The number of hydrogen-bond donors (Lipinski definition) is 1. The molecule has 0 bridgehead atoms. The van der Waals surface area contributed by atoms with Gasteiger partial charge in [0.25, 0.3) is 0 Å². The van der Waals surface area contributed by atoms with E-state index in [4.69, 9.17) is 26.8 Å². The number of ether oxygens (including phenoxy) is 2. The first kappa shape index (κ1) is 19.5. The maximum Gasteiger partial charge on any atom is 0.338 e. The Hall–Kier alpha value is -3.23. The zero-order valence-corrected chi connectivity index (χ0v) is 16.3. The maximum atomic E-state index is 12.6. The van der Waals surface area contributed by atoms with Crippen LogP contribution in [0.25, 0.3) is 11.1 Å². The lowest BCUT2D eigenvalue weighted by Gasteiger charge is -2.27. The zero-order valence-electron chi connectivity index (χ0n) is 15.5. The fourth-order valence-corrected chi connectivity index (χ4v) is 3.53. The predicted octanol–water partition coefficient (Wildman–Crippen LogP) is 4.65. The average Bonchev–Trinajstić information content (AvgIpc) is 2.68. The van der Waals surface area contributed by atoms with Crippen LogP contribution in [-0.2, 0) is 14.3 Å². The number of carbonyl (C=O) groups is 1. The second-order valence-electron chi connectivity index (χ2n) is 6.22. The lowest BCUT2D eigenvalue weighted by Crippen LogP contribution is -2.25. The van der Waals surface area contributed by atoms with Crippen LogP contribution < -0.4 is 5.73 Å². The molecule has 1 aliphatic heterocycles. The molecule has 0 amide bonds. The van der Waals surface area contributed by atoms with Gasteiger partial charge >= 0.3 is 5.97 Å². The van der Waals surface area contributed by atoms with E-state index in [9.17, 15) is 10.1 Å². The Bertz CT molecular complexity index is 1020. The fourth-order valence-electron chi connectivity index (χ4n) is 3.24. The highest BCUT2D eigenvalue weighted by Gasteiger charge is 2.37. The normalized spacial score (nSPS) is 16.4. The summed E-state index contributed by atoms with van der Waals surface area (Å²) in [5.74, 6) is -1.06. The summed E-state index contributed by atoms with van der Waals surface area (Å²) in [5, 5.41) is 10.1. The van der Waals surface area contributed by atoms with Crippen LogP contribution in [0.5, 0.6) is 0 Å². The Morgan fingerprint density at radius 3 is 2.57 bits per heavy atom. The predicted molar refractivity (Wildman–Crippen MR) is 107 cm³/mol. The molecule has 0 saturated carbocycles. The van der Waals surface area contributed by atoms with Gasteiger partial charge in [-0.2, -0.15) is 5.26 Å². The number of allylic oxidation sites excluding steroid dienone is 2. The van der Waals surface area contributed by atoms with Crippen molar-refractivity contribution in [2.75, 3.05) is 6.61 Å². The summed E-state index contributed by atoms with van der Waals surface area (Å²) in [7, 11) is 0. The van der Waals surface area contributed by atoms with Crippen LogP contribution in [0, 0.1) is 11.3 Å². The minimum Gasteiger partial charge on any atom is -0.463 e. The van der Waals surface area contributed by atoms with Crippen molar-refractivity contribution in [1.29, 1.82) is 5.26 Å². The average molecular weight is 395 g/mol. The van der Waals surface area contributed by atoms with Crippen LogP contribution >= 0.6 is 11.6 Å². The van der Waals surface area contributed by atoms with Crippen molar-refractivity contribution in [3.8, 4) is 17.2 Å². The summed E-state index contributed by atoms with van der Waals surface area (Å²) in [4.78, 5) is 12.6. The first-order valence-corrected chi connectivity index (χ1v) is 9.16. The van der Waals surface area contributed by atoms with E-state index < -0.39 is 11.9 Å². The number of rotatable bonds is 4. The second-order valence-corrected chi connectivity index (χ2v) is 6.62. The van der Waals surface area contributed by atoms with Gasteiger partial charge in [-0.25, -0.2) is 4.79 Å². The van der Waals surface area contributed by atoms with E-state index >= 15 is 0 Å². The van der Waals surface area contributed by atoms with Crippen LogP contribution in [0.1, 0.15) is 25.3 Å². The molecule has 1 aliphatic rings. The first-order chi connectivity index (χ1) is 13.5. The Morgan fingerprint density at radius 2 is 1.96 bits per heavy atom. The van der Waals surface area contributed by atoms with Crippen molar-refractivity contribution in [3.63, 3.8) is 0 Å². The maximum absolute atomic E-state index is 12.6. The van der Waals surface area contributed by atoms with E-state index in [0.29, 0.717) is 16.3 Å². The van der Waals surface area contributed by atoms with Gasteiger partial charge in [-0.05, 0) is 36.6 Å². The molecule has 2 N–H and O–H groups in total. The molecule has 28 heavy (non-hydrogen) atoms. The number of halogens is 1. The van der Waals surface area contributed by atoms with Gasteiger partial charge < -0.3 is 15.2 Å². The van der Waals surface area contributed by atoms with E-state index in [1.54, 1.807) is 19.9 Å². The second kappa shape index (κ2) is 8.20. The smallest absolute Gasteiger partial charge is 0.338 e. The molecule has 1 heterocycles. The van der Waals surface area contributed by atoms with Crippen LogP contribution in [0.4, 0.5) is 0 Å². The summed E-state index contributed by atoms with van der Waals surface area (Å²) < 4.78 is 10.6. The van der Waals surface area contributed by atoms with Crippen molar-refractivity contribution < 1.29 is 14.3 Å². The third-order valence-electron chi connectivity index (χ3n) is 4.52. The number of nitrogens with zero attached hydrogens (tertiary/aromatic N) is 1. The lowest BCUT2D eigenvalue weighted by atomic mass is 9.82. The molecule has 0 saturated heterocycles. The number of hydrogen-bond acceptors (Lipinski definition) is 5. The van der Waals surface area contributed by atoms with E-state index in [1.807, 2.05) is 42.5 Å². The topological polar surface area (TPSA) is 85.3 Å². The van der Waals surface area contributed by atoms with Crippen LogP contribution in [0.15, 0.2) is 71.3 Å². The van der Waals surface area contributed by atoms with Crippen molar-refractivity contribution in [1.82, 2.24) is 0 Å². The molecule has 2 aromatic carbocycles. The largest absolute Gasteiger partial charge is 0.463 e. The van der Waals surface area contributed by atoms with E-state index in [-0.39, 0.29) is 23.6 Å². The molecular formula is C22H19ClN2O3. The van der Waals surface area contributed by atoms with Crippen LogP contribution in [0.2, 0.25) is 5.02 Å². The summed E-state index contributed by atoms with van der Waals surface area (Å²) in [6.07, 6.45) is 0. The highest BCUT2D eigenvalue weighted by Crippen LogP contribution is 2.43. The molecule has 142 valence electrons. The summed E-state index contributed by atoms with van der Waals surface area (Å²) in [5.41, 5.74) is 8.80. The molecular weight excluding hydrogens is 376 g/mol. The van der Waals surface area contributed by atoms with Gasteiger partial charge in [-0.3, -0.25) is 0 Å². The van der Waals surface area contributed by atoms with E-state index in [0.717, 1.165) is 11.1 Å². The van der Waals surface area contributed by atoms with Gasteiger partial charge in [0.2, 0.25) is 5.88 Å². The van der Waals surface area contributed by atoms with Gasteiger partial charge in [0.15, 0.2) is 0 Å². The molecule has 0 radical (unpaired) electrons. The van der Waals surface area contributed by atoms with Crippen molar-refractivity contribution in [3.05, 3.63) is 81.9 Å². The molecule has 0 aromatic heterocycles. The SMILES string of the molecule is CCOC(=O)C1=C(C)OC(N)=C(C#N)C1c1ccc(-c2ccccc2)cc1Cl. The summed E-state index contributed by atoms with van der Waals surface area (Å²) in [6, 6.07) is 17.3. The number of benzene rings is 2. The standard InChI is InChI=1S/C22H19ClN2O3/c1-3-27-22(26)19-13(2)28-21(25)17(12-24)20(19)16-10-9-15(11-18(16)23)14-7-5-4-6-8-14/h4-11,20H,3,25H2,1-2H3. The first-order valence-electron chi connectivity index (χ1n) is 8.78. The Kier molecular flexibility index (Phi) is 5.72. The van der Waals surface area contributed by atoms with Crippen LogP contribution in [0.3, 0.4) is 0 Å². The van der Waals surface area contributed by atoms with Crippen LogP contribution in [-0.4, -0.2) is 12.6 Å². The minimum absolute atomic E-state index is 0.0405.